The van der Waals surface area contributed by atoms with E-state index in [1.807, 2.05) is 13.0 Å². The number of fused-ring (bicyclic) bond motifs is 5. The Morgan fingerprint density at radius 3 is 2.22 bits per heavy atom. The van der Waals surface area contributed by atoms with Crippen LogP contribution in [0.25, 0.3) is 0 Å². The fourth-order valence-electron chi connectivity index (χ4n) is 7.41. The minimum absolute atomic E-state index is 0.0666. The predicted molar refractivity (Wildman–Crippen MR) is 114 cm³/mol. The third kappa shape index (κ3) is 3.67. The van der Waals surface area contributed by atoms with Crippen LogP contribution in [0.2, 0.25) is 0 Å². The molecule has 7 nitrogen and oxygen atoms in total. The topological polar surface area (TPSA) is 96.0 Å². The van der Waals surface area contributed by atoms with Gasteiger partial charge in [-0.2, -0.15) is 0 Å². The lowest BCUT2D eigenvalue weighted by Crippen LogP contribution is -2.61. The number of rotatable bonds is 3. The van der Waals surface area contributed by atoms with Crippen LogP contribution in [0.3, 0.4) is 0 Å². The van der Waals surface area contributed by atoms with Crippen LogP contribution in [0.4, 0.5) is 0 Å². The zero-order chi connectivity index (χ0) is 23.4. The van der Waals surface area contributed by atoms with Crippen molar-refractivity contribution in [1.29, 1.82) is 0 Å². The molecule has 0 heterocycles. The van der Waals surface area contributed by atoms with Gasteiger partial charge in [-0.05, 0) is 43.1 Å². The quantitative estimate of drug-likeness (QED) is 0.372. The maximum Gasteiger partial charge on any atom is 0.303 e. The molecular weight excluding hydrogens is 412 g/mol. The summed E-state index contributed by atoms with van der Waals surface area (Å²) in [6.07, 6.45) is 4.74. The molecule has 0 bridgehead atoms. The standard InChI is InChI=1S/C25H34O7/c1-13(26)30-17-8-9-24(4)16(10-17)11-19(31-14(2)27)22-18-6-7-21(29)25(18,5)12-20(23(22)24)32-15(3)28/h11,17-20,22-23H,6-10,12H2,1-5H3/t17?,18-,19?,20+,22?,23?,24?,25?/m0/s1. The van der Waals surface area contributed by atoms with Crippen molar-refractivity contribution in [1.82, 2.24) is 0 Å². The van der Waals surface area contributed by atoms with Crippen molar-refractivity contribution < 1.29 is 33.4 Å². The van der Waals surface area contributed by atoms with Gasteiger partial charge in [0.25, 0.3) is 0 Å². The Bertz CT molecular complexity index is 876. The van der Waals surface area contributed by atoms with Crippen molar-refractivity contribution in [3.05, 3.63) is 11.6 Å². The Balaban J connectivity index is 1.81. The molecule has 176 valence electrons. The molecule has 0 aromatic heterocycles. The summed E-state index contributed by atoms with van der Waals surface area (Å²) in [5, 5.41) is 0. The van der Waals surface area contributed by atoms with Crippen LogP contribution in [0.15, 0.2) is 11.6 Å². The van der Waals surface area contributed by atoms with Gasteiger partial charge in [0.2, 0.25) is 0 Å². The number of ether oxygens (including phenoxy) is 3. The van der Waals surface area contributed by atoms with E-state index >= 15 is 0 Å². The summed E-state index contributed by atoms with van der Waals surface area (Å²) in [6, 6.07) is 0. The number of hydrogen-bond acceptors (Lipinski definition) is 7. The first-order valence-electron chi connectivity index (χ1n) is 11.7. The maximum absolute atomic E-state index is 13.0. The van der Waals surface area contributed by atoms with Crippen molar-refractivity contribution in [3.63, 3.8) is 0 Å². The first kappa shape index (κ1) is 23.0. The van der Waals surface area contributed by atoms with Gasteiger partial charge in [0, 0.05) is 50.9 Å². The Labute approximate surface area is 189 Å². The van der Waals surface area contributed by atoms with E-state index in [4.69, 9.17) is 14.2 Å². The van der Waals surface area contributed by atoms with Crippen molar-refractivity contribution in [2.75, 3.05) is 0 Å². The third-order valence-electron chi connectivity index (χ3n) is 8.64. The molecule has 4 aliphatic rings. The zero-order valence-corrected chi connectivity index (χ0v) is 19.6. The smallest absolute Gasteiger partial charge is 0.303 e. The lowest BCUT2D eigenvalue weighted by atomic mass is 9.46. The summed E-state index contributed by atoms with van der Waals surface area (Å²) in [5.74, 6) is -0.943. The van der Waals surface area contributed by atoms with Crippen LogP contribution in [0, 0.1) is 28.6 Å². The molecule has 0 amide bonds. The summed E-state index contributed by atoms with van der Waals surface area (Å²) >= 11 is 0. The van der Waals surface area contributed by atoms with E-state index < -0.39 is 17.6 Å². The SMILES string of the molecule is CC(=O)OC1CCC2(C)C(=CC(OC(C)=O)C3C2[C@H](OC(C)=O)CC2(C)C(=O)CC[C@@H]32)C1. The molecule has 0 saturated heterocycles. The van der Waals surface area contributed by atoms with E-state index in [1.54, 1.807) is 0 Å². The minimum Gasteiger partial charge on any atom is -0.462 e. The fraction of sp³-hybridized carbons (Fsp3) is 0.760. The highest BCUT2D eigenvalue weighted by Gasteiger charge is 2.65. The van der Waals surface area contributed by atoms with Gasteiger partial charge in [0.15, 0.2) is 0 Å². The Morgan fingerprint density at radius 1 is 0.938 bits per heavy atom. The second kappa shape index (κ2) is 7.99. The highest BCUT2D eigenvalue weighted by molar-refractivity contribution is 5.87. The number of hydrogen-bond donors (Lipinski definition) is 0. The summed E-state index contributed by atoms with van der Waals surface area (Å²) in [7, 11) is 0. The van der Waals surface area contributed by atoms with Crippen LogP contribution in [-0.2, 0) is 33.4 Å². The monoisotopic (exact) mass is 446 g/mol. The molecule has 0 aromatic rings. The van der Waals surface area contributed by atoms with Gasteiger partial charge in [-0.3, -0.25) is 19.2 Å². The summed E-state index contributed by atoms with van der Waals surface area (Å²) in [5.41, 5.74) is 0.217. The lowest BCUT2D eigenvalue weighted by molar-refractivity contribution is -0.189. The van der Waals surface area contributed by atoms with E-state index in [-0.39, 0.29) is 53.0 Å². The molecule has 8 atom stereocenters. The highest BCUT2D eigenvalue weighted by Crippen LogP contribution is 2.65. The van der Waals surface area contributed by atoms with Crippen molar-refractivity contribution >= 4 is 23.7 Å². The van der Waals surface area contributed by atoms with Crippen molar-refractivity contribution in [2.24, 2.45) is 28.6 Å². The van der Waals surface area contributed by atoms with Crippen LogP contribution < -0.4 is 0 Å². The molecule has 7 heteroatoms. The Hall–Kier alpha value is -2.18. The molecule has 6 unspecified atom stereocenters. The number of carbonyl (C=O) groups excluding carboxylic acids is 4. The predicted octanol–water partition coefficient (Wildman–Crippen LogP) is 3.53. The van der Waals surface area contributed by atoms with Gasteiger partial charge >= 0.3 is 17.9 Å². The average molecular weight is 447 g/mol. The third-order valence-corrected chi connectivity index (χ3v) is 8.64. The number of Topliss-reactive ketones (excluding diaryl/α,β-unsaturated/α-hetero) is 1. The van der Waals surface area contributed by atoms with E-state index in [2.05, 4.69) is 6.92 Å². The second-order valence-electron chi connectivity index (χ2n) is 10.6. The molecule has 0 spiro atoms. The van der Waals surface area contributed by atoms with Crippen LogP contribution in [0.5, 0.6) is 0 Å². The van der Waals surface area contributed by atoms with Gasteiger partial charge in [0.05, 0.1) is 0 Å². The molecule has 0 radical (unpaired) electrons. The van der Waals surface area contributed by atoms with Crippen molar-refractivity contribution in [2.45, 2.75) is 91.5 Å². The number of esters is 3. The Kier molecular flexibility index (Phi) is 5.74. The first-order valence-corrected chi connectivity index (χ1v) is 11.7. The maximum atomic E-state index is 13.0. The van der Waals surface area contributed by atoms with Gasteiger partial charge < -0.3 is 14.2 Å². The van der Waals surface area contributed by atoms with Crippen molar-refractivity contribution in [3.8, 4) is 0 Å². The van der Waals surface area contributed by atoms with Crippen LogP contribution >= 0.6 is 0 Å². The summed E-state index contributed by atoms with van der Waals surface area (Å²) in [4.78, 5) is 48.7. The highest BCUT2D eigenvalue weighted by atomic mass is 16.6. The van der Waals surface area contributed by atoms with E-state index in [0.717, 1.165) is 24.8 Å². The van der Waals surface area contributed by atoms with Gasteiger partial charge in [0.1, 0.15) is 24.1 Å². The summed E-state index contributed by atoms with van der Waals surface area (Å²) < 4.78 is 17.2. The molecule has 32 heavy (non-hydrogen) atoms. The zero-order valence-electron chi connectivity index (χ0n) is 19.6. The number of carbonyl (C=O) groups is 4. The fourth-order valence-corrected chi connectivity index (χ4v) is 7.41. The van der Waals surface area contributed by atoms with E-state index in [1.165, 1.54) is 20.8 Å². The minimum atomic E-state index is -0.587. The largest absolute Gasteiger partial charge is 0.462 e. The van der Waals surface area contributed by atoms with Gasteiger partial charge in [-0.25, -0.2) is 0 Å². The summed E-state index contributed by atoms with van der Waals surface area (Å²) in [6.45, 7) is 8.40. The second-order valence-corrected chi connectivity index (χ2v) is 10.6. The Morgan fingerprint density at radius 2 is 1.59 bits per heavy atom. The van der Waals surface area contributed by atoms with Gasteiger partial charge in [-0.1, -0.05) is 19.4 Å². The molecule has 0 N–H and O–H groups in total. The molecular formula is C25H34O7. The van der Waals surface area contributed by atoms with E-state index in [9.17, 15) is 19.2 Å². The lowest BCUT2D eigenvalue weighted by Gasteiger charge is -2.60. The molecule has 4 aliphatic carbocycles. The van der Waals surface area contributed by atoms with Crippen LogP contribution in [-0.4, -0.2) is 42.0 Å². The average Bonchev–Trinajstić information content (AvgIpc) is 2.95. The number of ketones is 1. The molecule has 4 rings (SSSR count). The molecule has 0 aromatic carbocycles. The first-order chi connectivity index (χ1) is 15.0. The molecule has 3 fully saturated rings. The van der Waals surface area contributed by atoms with E-state index in [0.29, 0.717) is 19.3 Å². The normalized spacial score (nSPS) is 42.7. The van der Waals surface area contributed by atoms with Gasteiger partial charge in [-0.15, -0.1) is 0 Å². The van der Waals surface area contributed by atoms with Crippen LogP contribution in [0.1, 0.15) is 73.1 Å². The molecule has 3 saturated carbocycles. The molecule has 0 aliphatic heterocycles.